The Kier molecular flexibility index (Phi) is 3.37. The van der Waals surface area contributed by atoms with E-state index in [1.54, 1.807) is 7.11 Å². The van der Waals surface area contributed by atoms with Crippen LogP contribution in [0.2, 0.25) is 0 Å². The molecule has 2 aliphatic rings. The van der Waals surface area contributed by atoms with E-state index in [4.69, 9.17) is 9.47 Å². The Morgan fingerprint density at radius 2 is 2.06 bits per heavy atom. The third-order valence-electron chi connectivity index (χ3n) is 4.26. The van der Waals surface area contributed by atoms with E-state index < -0.39 is 0 Å². The highest BCUT2D eigenvalue weighted by atomic mass is 16.5. The molecule has 0 amide bonds. The lowest BCUT2D eigenvalue weighted by atomic mass is 10.0. The minimum absolute atomic E-state index is 0.102. The predicted octanol–water partition coefficient (Wildman–Crippen LogP) is 1.55. The normalized spacial score (nSPS) is 27.6. The fourth-order valence-corrected chi connectivity index (χ4v) is 2.99. The molecular formula is C15H21NO2. The lowest BCUT2D eigenvalue weighted by Gasteiger charge is -2.27. The topological polar surface area (TPSA) is 30.5 Å². The third kappa shape index (κ3) is 2.30. The summed E-state index contributed by atoms with van der Waals surface area (Å²) in [7, 11) is 1.79. The molecule has 98 valence electrons. The zero-order chi connectivity index (χ0) is 12.4. The van der Waals surface area contributed by atoms with Crippen molar-refractivity contribution < 1.29 is 9.47 Å². The third-order valence-corrected chi connectivity index (χ3v) is 4.26. The van der Waals surface area contributed by atoms with Crippen molar-refractivity contribution in [1.29, 1.82) is 0 Å². The second-order valence-corrected chi connectivity index (χ2v) is 5.44. The molecule has 1 aromatic carbocycles. The van der Waals surface area contributed by atoms with Crippen molar-refractivity contribution >= 4 is 0 Å². The average molecular weight is 247 g/mol. The van der Waals surface area contributed by atoms with Crippen LogP contribution in [0.1, 0.15) is 17.5 Å². The van der Waals surface area contributed by atoms with Crippen molar-refractivity contribution in [2.24, 2.45) is 0 Å². The van der Waals surface area contributed by atoms with Gasteiger partial charge in [-0.15, -0.1) is 0 Å². The zero-order valence-corrected chi connectivity index (χ0v) is 10.9. The number of nitrogens with one attached hydrogen (secondary N) is 1. The van der Waals surface area contributed by atoms with Gasteiger partial charge < -0.3 is 14.8 Å². The van der Waals surface area contributed by atoms with Gasteiger partial charge in [-0.3, -0.25) is 0 Å². The van der Waals surface area contributed by atoms with Crippen LogP contribution >= 0.6 is 0 Å². The van der Waals surface area contributed by atoms with Gasteiger partial charge in [-0.1, -0.05) is 24.3 Å². The Hall–Kier alpha value is -0.900. The minimum atomic E-state index is -0.102. The molecule has 3 rings (SSSR count). The highest BCUT2D eigenvalue weighted by Gasteiger charge is 2.35. The molecule has 0 spiro atoms. The van der Waals surface area contributed by atoms with Crippen LogP contribution in [0.3, 0.4) is 0 Å². The zero-order valence-electron chi connectivity index (χ0n) is 10.9. The van der Waals surface area contributed by atoms with Crippen LogP contribution in [0.25, 0.3) is 0 Å². The quantitative estimate of drug-likeness (QED) is 0.875. The standard InChI is InChI=1S/C15H21NO2/c1-17-15(6-7-18-11-15)10-16-14-8-12-4-2-3-5-13(12)9-14/h2-5,14,16H,6-11H2,1H3. The lowest BCUT2D eigenvalue weighted by Crippen LogP contribution is -2.46. The number of methoxy groups -OCH3 is 1. The van der Waals surface area contributed by atoms with Crippen LogP contribution in [-0.2, 0) is 22.3 Å². The van der Waals surface area contributed by atoms with Gasteiger partial charge in [0.15, 0.2) is 0 Å². The summed E-state index contributed by atoms with van der Waals surface area (Å²) in [5.41, 5.74) is 2.88. The van der Waals surface area contributed by atoms with Crippen molar-refractivity contribution in [3.8, 4) is 0 Å². The first-order chi connectivity index (χ1) is 8.81. The smallest absolute Gasteiger partial charge is 0.106 e. The van der Waals surface area contributed by atoms with E-state index in [0.29, 0.717) is 6.04 Å². The first-order valence-electron chi connectivity index (χ1n) is 6.74. The van der Waals surface area contributed by atoms with E-state index >= 15 is 0 Å². The first-order valence-corrected chi connectivity index (χ1v) is 6.74. The summed E-state index contributed by atoms with van der Waals surface area (Å²) in [6.07, 6.45) is 3.27. The molecule has 1 saturated heterocycles. The molecule has 0 radical (unpaired) electrons. The average Bonchev–Trinajstić information content (AvgIpc) is 3.03. The van der Waals surface area contributed by atoms with E-state index in [2.05, 4.69) is 29.6 Å². The summed E-state index contributed by atoms with van der Waals surface area (Å²) in [4.78, 5) is 0. The summed E-state index contributed by atoms with van der Waals surface area (Å²) in [6, 6.07) is 9.28. The number of benzene rings is 1. The maximum atomic E-state index is 5.65. The van der Waals surface area contributed by atoms with Crippen LogP contribution in [0.15, 0.2) is 24.3 Å². The molecule has 1 aliphatic carbocycles. The largest absolute Gasteiger partial charge is 0.378 e. The van der Waals surface area contributed by atoms with Crippen molar-refractivity contribution in [2.75, 3.05) is 26.9 Å². The molecule has 0 aromatic heterocycles. The van der Waals surface area contributed by atoms with Crippen molar-refractivity contribution in [2.45, 2.75) is 30.9 Å². The molecule has 1 unspecified atom stereocenters. The van der Waals surface area contributed by atoms with E-state index in [1.807, 2.05) is 0 Å². The summed E-state index contributed by atoms with van der Waals surface area (Å²) in [5, 5.41) is 3.66. The minimum Gasteiger partial charge on any atom is -0.378 e. The Balaban J connectivity index is 1.57. The fraction of sp³-hybridized carbons (Fsp3) is 0.600. The van der Waals surface area contributed by atoms with Crippen LogP contribution in [-0.4, -0.2) is 38.5 Å². The van der Waals surface area contributed by atoms with E-state index in [-0.39, 0.29) is 5.60 Å². The van der Waals surface area contributed by atoms with Crippen LogP contribution in [0.4, 0.5) is 0 Å². The highest BCUT2D eigenvalue weighted by molar-refractivity contribution is 5.33. The Bertz CT molecular complexity index is 388. The van der Waals surface area contributed by atoms with Crippen LogP contribution in [0, 0.1) is 0 Å². The molecule has 0 saturated carbocycles. The summed E-state index contributed by atoms with van der Waals surface area (Å²) < 4.78 is 11.1. The molecule has 3 heteroatoms. The molecule has 18 heavy (non-hydrogen) atoms. The molecule has 1 N–H and O–H groups in total. The molecule has 1 fully saturated rings. The van der Waals surface area contributed by atoms with E-state index in [1.165, 1.54) is 11.1 Å². The second kappa shape index (κ2) is 5.00. The second-order valence-electron chi connectivity index (χ2n) is 5.44. The molecule has 1 heterocycles. The number of fused-ring (bicyclic) bond motifs is 1. The number of rotatable bonds is 4. The monoisotopic (exact) mass is 247 g/mol. The maximum Gasteiger partial charge on any atom is 0.106 e. The first kappa shape index (κ1) is 12.2. The number of hydrogen-bond donors (Lipinski definition) is 1. The Labute approximate surface area is 108 Å². The van der Waals surface area contributed by atoms with Crippen LogP contribution in [0.5, 0.6) is 0 Å². The van der Waals surface area contributed by atoms with Gasteiger partial charge in [0.1, 0.15) is 5.60 Å². The summed E-state index contributed by atoms with van der Waals surface area (Å²) in [6.45, 7) is 2.43. The summed E-state index contributed by atoms with van der Waals surface area (Å²) >= 11 is 0. The van der Waals surface area contributed by atoms with Crippen molar-refractivity contribution in [3.63, 3.8) is 0 Å². The SMILES string of the molecule is COC1(CNC2Cc3ccccc3C2)CCOC1. The van der Waals surface area contributed by atoms with Crippen molar-refractivity contribution in [1.82, 2.24) is 5.32 Å². The molecule has 3 nitrogen and oxygen atoms in total. The van der Waals surface area contributed by atoms with Gasteiger partial charge in [0.25, 0.3) is 0 Å². The maximum absolute atomic E-state index is 5.65. The van der Waals surface area contributed by atoms with Crippen molar-refractivity contribution in [3.05, 3.63) is 35.4 Å². The van der Waals surface area contributed by atoms with Gasteiger partial charge in [0, 0.05) is 32.7 Å². The number of hydrogen-bond acceptors (Lipinski definition) is 3. The summed E-state index contributed by atoms with van der Waals surface area (Å²) in [5.74, 6) is 0. The Morgan fingerprint density at radius 1 is 1.33 bits per heavy atom. The molecule has 1 aliphatic heterocycles. The predicted molar refractivity (Wildman–Crippen MR) is 70.8 cm³/mol. The lowest BCUT2D eigenvalue weighted by molar-refractivity contribution is -0.0173. The van der Waals surface area contributed by atoms with Gasteiger partial charge in [0.2, 0.25) is 0 Å². The molecule has 0 bridgehead atoms. The van der Waals surface area contributed by atoms with E-state index in [0.717, 1.165) is 39.0 Å². The van der Waals surface area contributed by atoms with Gasteiger partial charge >= 0.3 is 0 Å². The Morgan fingerprint density at radius 3 is 2.61 bits per heavy atom. The molecular weight excluding hydrogens is 226 g/mol. The molecule has 1 aromatic rings. The fourth-order valence-electron chi connectivity index (χ4n) is 2.99. The van der Waals surface area contributed by atoms with Gasteiger partial charge in [-0.05, 0) is 24.0 Å². The molecule has 1 atom stereocenters. The van der Waals surface area contributed by atoms with Gasteiger partial charge in [-0.25, -0.2) is 0 Å². The van der Waals surface area contributed by atoms with Crippen LogP contribution < -0.4 is 5.32 Å². The van der Waals surface area contributed by atoms with Gasteiger partial charge in [0.05, 0.1) is 6.61 Å². The number of ether oxygens (including phenoxy) is 2. The van der Waals surface area contributed by atoms with Gasteiger partial charge in [-0.2, -0.15) is 0 Å². The van der Waals surface area contributed by atoms with E-state index in [9.17, 15) is 0 Å². The highest BCUT2D eigenvalue weighted by Crippen LogP contribution is 2.24.